The fraction of sp³-hybridized carbons (Fsp3) is 0.500. The Morgan fingerprint density at radius 3 is 2.36 bits per heavy atom. The van der Waals surface area contributed by atoms with E-state index < -0.39 is 21.9 Å². The largest absolute Gasteiger partial charge is 0.462 e. The molecule has 2 aromatic rings. The molecular formula is C24H33N3O5S. The van der Waals surface area contributed by atoms with Crippen LogP contribution in [0, 0.1) is 26.7 Å². The van der Waals surface area contributed by atoms with Gasteiger partial charge < -0.3 is 14.6 Å². The van der Waals surface area contributed by atoms with E-state index in [1.54, 1.807) is 20.8 Å². The molecular weight excluding hydrogens is 442 g/mol. The van der Waals surface area contributed by atoms with Crippen molar-refractivity contribution in [1.82, 2.24) is 8.87 Å². The molecule has 8 nitrogen and oxygen atoms in total. The van der Waals surface area contributed by atoms with E-state index in [-0.39, 0.29) is 29.5 Å². The summed E-state index contributed by atoms with van der Waals surface area (Å²) in [5.74, 6) is -1.33. The molecule has 3 rings (SSSR count). The van der Waals surface area contributed by atoms with Gasteiger partial charge in [-0.1, -0.05) is 17.7 Å². The minimum atomic E-state index is -4.01. The molecule has 1 amide bonds. The van der Waals surface area contributed by atoms with Gasteiger partial charge in [-0.25, -0.2) is 13.2 Å². The van der Waals surface area contributed by atoms with E-state index in [0.717, 1.165) is 5.56 Å². The van der Waals surface area contributed by atoms with Gasteiger partial charge >= 0.3 is 5.97 Å². The average Bonchev–Trinajstić information content (AvgIpc) is 3.05. The van der Waals surface area contributed by atoms with Crippen molar-refractivity contribution in [3.8, 4) is 0 Å². The summed E-state index contributed by atoms with van der Waals surface area (Å²) in [6, 6.07) is 7.48. The number of aryl methyl sites for hydroxylation is 1. The van der Waals surface area contributed by atoms with Crippen molar-refractivity contribution in [3.63, 3.8) is 0 Å². The molecule has 0 spiro atoms. The van der Waals surface area contributed by atoms with Crippen LogP contribution < -0.4 is 5.32 Å². The quantitative estimate of drug-likeness (QED) is 0.617. The van der Waals surface area contributed by atoms with Crippen molar-refractivity contribution in [1.29, 1.82) is 0 Å². The molecule has 0 aliphatic carbocycles. The Bertz CT molecular complexity index is 1140. The standard InChI is InChI=1S/C24H33N3O5S/c1-6-27-17(4)21(24(29)32-7-2)22(18(27)5)33(30,31)26-14-8-9-19(15-26)23(28)25-20-12-10-16(3)11-13-20/h10-13,19H,6-9,14-15H2,1-5H3,(H,25,28). The molecule has 1 aliphatic heterocycles. The van der Waals surface area contributed by atoms with Gasteiger partial charge in [0.25, 0.3) is 0 Å². The number of amides is 1. The Labute approximate surface area is 196 Å². The summed E-state index contributed by atoms with van der Waals surface area (Å²) in [7, 11) is -4.01. The lowest BCUT2D eigenvalue weighted by Gasteiger charge is -2.31. The zero-order valence-corrected chi connectivity index (χ0v) is 20.8. The predicted octanol–water partition coefficient (Wildman–Crippen LogP) is 3.65. The van der Waals surface area contributed by atoms with Crippen molar-refractivity contribution < 1.29 is 22.7 Å². The Kier molecular flexibility index (Phi) is 7.64. The summed E-state index contributed by atoms with van der Waals surface area (Å²) < 4.78 is 35.8. The van der Waals surface area contributed by atoms with Crippen LogP contribution in [0.25, 0.3) is 0 Å². The highest BCUT2D eigenvalue weighted by Gasteiger charge is 2.39. The number of aromatic nitrogens is 1. The Morgan fingerprint density at radius 1 is 1.09 bits per heavy atom. The van der Waals surface area contributed by atoms with Crippen LogP contribution in [-0.2, 0) is 26.1 Å². The van der Waals surface area contributed by atoms with Crippen LogP contribution in [0.5, 0.6) is 0 Å². The fourth-order valence-electron chi connectivity index (χ4n) is 4.47. The van der Waals surface area contributed by atoms with E-state index in [9.17, 15) is 18.0 Å². The van der Waals surface area contributed by atoms with Crippen molar-refractivity contribution in [2.45, 2.75) is 58.9 Å². The molecule has 33 heavy (non-hydrogen) atoms. The smallest absolute Gasteiger partial charge is 0.341 e. The third-order valence-electron chi connectivity index (χ3n) is 6.19. The number of anilines is 1. The highest BCUT2D eigenvalue weighted by molar-refractivity contribution is 7.89. The average molecular weight is 476 g/mol. The molecule has 1 aliphatic rings. The van der Waals surface area contributed by atoms with Crippen molar-refractivity contribution in [2.75, 3.05) is 25.0 Å². The summed E-state index contributed by atoms with van der Waals surface area (Å²) >= 11 is 0. The lowest BCUT2D eigenvalue weighted by Crippen LogP contribution is -2.44. The van der Waals surface area contributed by atoms with Gasteiger partial charge in [-0.05, 0) is 59.6 Å². The minimum Gasteiger partial charge on any atom is -0.462 e. The first-order valence-electron chi connectivity index (χ1n) is 11.4. The number of nitrogens with one attached hydrogen (secondary N) is 1. The number of carbonyl (C=O) groups excluding carboxylic acids is 2. The summed E-state index contributed by atoms with van der Waals surface area (Å²) in [5.41, 5.74) is 2.93. The topological polar surface area (TPSA) is 97.7 Å². The lowest BCUT2D eigenvalue weighted by molar-refractivity contribution is -0.120. The second-order valence-electron chi connectivity index (χ2n) is 8.40. The molecule has 2 heterocycles. The van der Waals surface area contributed by atoms with Crippen LogP contribution in [0.1, 0.15) is 54.0 Å². The summed E-state index contributed by atoms with van der Waals surface area (Å²) in [5, 5.41) is 2.89. The molecule has 0 radical (unpaired) electrons. The number of benzene rings is 1. The van der Waals surface area contributed by atoms with Gasteiger partial charge in [-0.3, -0.25) is 4.79 Å². The summed E-state index contributed by atoms with van der Waals surface area (Å²) in [6.45, 7) is 10.0. The van der Waals surface area contributed by atoms with E-state index >= 15 is 0 Å². The number of ether oxygens (including phenoxy) is 1. The second-order valence-corrected chi connectivity index (χ2v) is 10.3. The van der Waals surface area contributed by atoms with Crippen LogP contribution >= 0.6 is 0 Å². The fourth-order valence-corrected chi connectivity index (χ4v) is 6.45. The van der Waals surface area contributed by atoms with Crippen molar-refractivity contribution in [3.05, 3.63) is 46.8 Å². The van der Waals surface area contributed by atoms with E-state index in [1.165, 1.54) is 4.31 Å². The molecule has 1 atom stereocenters. The third kappa shape index (κ3) is 4.99. The van der Waals surface area contributed by atoms with Gasteiger partial charge in [0.15, 0.2) is 0 Å². The molecule has 0 bridgehead atoms. The molecule has 1 unspecified atom stereocenters. The second kappa shape index (κ2) is 10.1. The van der Waals surface area contributed by atoms with Crippen LogP contribution in [0.3, 0.4) is 0 Å². The number of piperidine rings is 1. The number of sulfonamides is 1. The molecule has 0 saturated carbocycles. The van der Waals surface area contributed by atoms with Gasteiger partial charge in [0.2, 0.25) is 15.9 Å². The van der Waals surface area contributed by atoms with E-state index in [2.05, 4.69) is 5.32 Å². The van der Waals surface area contributed by atoms with Gasteiger partial charge in [0.05, 0.1) is 12.5 Å². The molecule has 1 fully saturated rings. The van der Waals surface area contributed by atoms with Crippen LogP contribution in [0.4, 0.5) is 5.69 Å². The zero-order valence-electron chi connectivity index (χ0n) is 20.0. The van der Waals surface area contributed by atoms with Crippen molar-refractivity contribution >= 4 is 27.6 Å². The number of hydrogen-bond donors (Lipinski definition) is 1. The van der Waals surface area contributed by atoms with E-state index in [4.69, 9.17) is 4.74 Å². The van der Waals surface area contributed by atoms with Gasteiger partial charge in [-0.15, -0.1) is 0 Å². The Morgan fingerprint density at radius 2 is 1.76 bits per heavy atom. The van der Waals surface area contributed by atoms with Crippen LogP contribution in [-0.4, -0.2) is 48.9 Å². The highest BCUT2D eigenvalue weighted by atomic mass is 32.2. The first-order valence-corrected chi connectivity index (χ1v) is 12.8. The lowest BCUT2D eigenvalue weighted by atomic mass is 9.98. The van der Waals surface area contributed by atoms with E-state index in [1.807, 2.05) is 42.7 Å². The molecule has 1 aromatic heterocycles. The SMILES string of the molecule is CCOC(=O)c1c(S(=O)(=O)N2CCCC(C(=O)Nc3ccc(C)cc3)C2)c(C)n(CC)c1C. The third-order valence-corrected chi connectivity index (χ3v) is 8.22. The summed E-state index contributed by atoms with van der Waals surface area (Å²) in [4.78, 5) is 25.6. The Hall–Kier alpha value is -2.65. The zero-order chi connectivity index (χ0) is 24.3. The molecule has 180 valence electrons. The van der Waals surface area contributed by atoms with Crippen LogP contribution in [0.15, 0.2) is 29.2 Å². The van der Waals surface area contributed by atoms with E-state index in [0.29, 0.717) is 43.0 Å². The highest BCUT2D eigenvalue weighted by Crippen LogP contribution is 2.33. The van der Waals surface area contributed by atoms with Crippen LogP contribution in [0.2, 0.25) is 0 Å². The number of rotatable bonds is 7. The molecule has 9 heteroatoms. The molecule has 1 aromatic carbocycles. The Balaban J connectivity index is 1.90. The number of nitrogens with zero attached hydrogens (tertiary/aromatic N) is 2. The summed E-state index contributed by atoms with van der Waals surface area (Å²) in [6.07, 6.45) is 1.16. The van der Waals surface area contributed by atoms with Gasteiger partial charge in [0.1, 0.15) is 10.5 Å². The first kappa shape index (κ1) is 25.0. The first-order chi connectivity index (χ1) is 15.6. The maximum absolute atomic E-state index is 13.8. The number of esters is 1. The molecule has 1 N–H and O–H groups in total. The van der Waals surface area contributed by atoms with Crippen molar-refractivity contribution in [2.24, 2.45) is 5.92 Å². The maximum Gasteiger partial charge on any atom is 0.341 e. The van der Waals surface area contributed by atoms with Gasteiger partial charge in [-0.2, -0.15) is 4.31 Å². The maximum atomic E-state index is 13.8. The number of hydrogen-bond acceptors (Lipinski definition) is 5. The minimum absolute atomic E-state index is 0.0140. The predicted molar refractivity (Wildman–Crippen MR) is 127 cm³/mol. The number of carbonyl (C=O) groups is 2. The van der Waals surface area contributed by atoms with Gasteiger partial charge in [0, 0.05) is 36.7 Å². The molecule has 1 saturated heterocycles. The normalized spacial score (nSPS) is 17.1. The monoisotopic (exact) mass is 475 g/mol.